The molecule has 1 aliphatic rings. The van der Waals surface area contributed by atoms with Gasteiger partial charge < -0.3 is 10.1 Å². The number of hydrogen-bond acceptors (Lipinski definition) is 5. The zero-order valence-corrected chi connectivity index (χ0v) is 19.6. The highest BCUT2D eigenvalue weighted by atomic mass is 19.1. The number of para-hydroxylation sites is 1. The normalized spacial score (nSPS) is 18.1. The second-order valence-corrected chi connectivity index (χ2v) is 8.67. The summed E-state index contributed by atoms with van der Waals surface area (Å²) < 4.78 is 20.4. The molecule has 1 saturated heterocycles. The van der Waals surface area contributed by atoms with Crippen LogP contribution in [0, 0.1) is 19.7 Å². The average Bonchev–Trinajstić information content (AvgIpc) is 3.34. The van der Waals surface area contributed by atoms with Gasteiger partial charge in [-0.2, -0.15) is 5.10 Å². The first-order valence-electron chi connectivity index (χ1n) is 11.3. The van der Waals surface area contributed by atoms with Gasteiger partial charge in [0, 0.05) is 30.4 Å². The maximum atomic E-state index is 13.6. The van der Waals surface area contributed by atoms with E-state index in [4.69, 9.17) is 4.74 Å². The summed E-state index contributed by atoms with van der Waals surface area (Å²) >= 11 is 0. The molecular formula is C26H29FN4O3. The molecule has 4 rings (SSSR count). The molecule has 0 spiro atoms. The summed E-state index contributed by atoms with van der Waals surface area (Å²) in [6.07, 6.45) is 0.642. The van der Waals surface area contributed by atoms with Crippen LogP contribution in [-0.2, 0) is 27.3 Å². The highest BCUT2D eigenvalue weighted by molar-refractivity contribution is 5.80. The summed E-state index contributed by atoms with van der Waals surface area (Å²) in [5.74, 6) is -0.804. The van der Waals surface area contributed by atoms with Crippen LogP contribution in [0.1, 0.15) is 28.9 Å². The molecule has 2 atom stereocenters. The van der Waals surface area contributed by atoms with Gasteiger partial charge in [-0.3, -0.25) is 14.5 Å². The van der Waals surface area contributed by atoms with Crippen molar-refractivity contribution in [1.82, 2.24) is 20.0 Å². The van der Waals surface area contributed by atoms with Crippen LogP contribution in [0.3, 0.4) is 0 Å². The van der Waals surface area contributed by atoms with Crippen LogP contribution in [-0.4, -0.2) is 52.3 Å². The highest BCUT2D eigenvalue weighted by Gasteiger charge is 2.38. The third-order valence-corrected chi connectivity index (χ3v) is 6.30. The summed E-state index contributed by atoms with van der Waals surface area (Å²) in [5, 5.41) is 7.68. The van der Waals surface area contributed by atoms with Gasteiger partial charge in [-0.05, 0) is 50.1 Å². The number of carbonyl (C=O) groups excluding carboxylic acids is 2. The number of halogens is 1. The molecular weight excluding hydrogens is 435 g/mol. The molecule has 7 nitrogen and oxygen atoms in total. The summed E-state index contributed by atoms with van der Waals surface area (Å²) in [7, 11) is 1.35. The van der Waals surface area contributed by atoms with Crippen molar-refractivity contribution in [3.8, 4) is 5.69 Å². The van der Waals surface area contributed by atoms with E-state index in [1.807, 2.05) is 59.8 Å². The van der Waals surface area contributed by atoms with Crippen molar-refractivity contribution < 1.29 is 18.7 Å². The fourth-order valence-electron chi connectivity index (χ4n) is 4.62. The van der Waals surface area contributed by atoms with Gasteiger partial charge >= 0.3 is 5.97 Å². The van der Waals surface area contributed by atoms with Crippen molar-refractivity contribution in [3.63, 3.8) is 0 Å². The number of methoxy groups -OCH3 is 1. The van der Waals surface area contributed by atoms with Crippen LogP contribution in [0.4, 0.5) is 4.39 Å². The molecule has 1 amide bonds. The van der Waals surface area contributed by atoms with Gasteiger partial charge in [0.05, 0.1) is 24.9 Å². The number of rotatable bonds is 7. The van der Waals surface area contributed by atoms with Gasteiger partial charge in [0.15, 0.2) is 0 Å². The Labute approximate surface area is 198 Å². The Balaban J connectivity index is 1.44. The van der Waals surface area contributed by atoms with Crippen molar-refractivity contribution in [2.24, 2.45) is 0 Å². The molecule has 0 radical (unpaired) electrons. The monoisotopic (exact) mass is 464 g/mol. The standard InChI is InChI=1S/C26H29FN4O3/c1-17-23(18(2)31(29-17)22-10-5-4-6-11-22)14-25(32)28-21-13-24(26(33)34-3)30(16-21)15-19-8-7-9-20(27)12-19/h4-12,21,24H,13-16H2,1-3H3,(H,28,32)/t21-,24+/m1/s1. The van der Waals surface area contributed by atoms with Crippen molar-refractivity contribution in [2.45, 2.75) is 45.3 Å². The molecule has 3 aromatic rings. The molecule has 0 bridgehead atoms. The Bertz CT molecular complexity index is 1180. The number of esters is 1. The lowest BCUT2D eigenvalue weighted by atomic mass is 10.1. The van der Waals surface area contributed by atoms with E-state index in [0.717, 1.165) is 28.2 Å². The Morgan fingerprint density at radius 1 is 1.15 bits per heavy atom. The third-order valence-electron chi connectivity index (χ3n) is 6.30. The van der Waals surface area contributed by atoms with E-state index < -0.39 is 6.04 Å². The molecule has 0 aliphatic carbocycles. The summed E-state index contributed by atoms with van der Waals surface area (Å²) in [4.78, 5) is 27.2. The summed E-state index contributed by atoms with van der Waals surface area (Å²) in [5.41, 5.74) is 4.33. The Morgan fingerprint density at radius 3 is 2.62 bits per heavy atom. The zero-order valence-electron chi connectivity index (χ0n) is 19.6. The molecule has 8 heteroatoms. The van der Waals surface area contributed by atoms with E-state index in [1.165, 1.54) is 19.2 Å². The van der Waals surface area contributed by atoms with E-state index in [0.29, 0.717) is 19.5 Å². The van der Waals surface area contributed by atoms with Crippen LogP contribution in [0.25, 0.3) is 5.69 Å². The van der Waals surface area contributed by atoms with Crippen molar-refractivity contribution in [1.29, 1.82) is 0 Å². The quantitative estimate of drug-likeness (QED) is 0.544. The Kier molecular flexibility index (Phi) is 7.07. The van der Waals surface area contributed by atoms with Gasteiger partial charge in [-0.15, -0.1) is 0 Å². The number of likely N-dealkylation sites (tertiary alicyclic amines) is 1. The number of nitrogens with zero attached hydrogens (tertiary/aromatic N) is 3. The summed E-state index contributed by atoms with van der Waals surface area (Å²) in [6, 6.07) is 15.4. The minimum Gasteiger partial charge on any atom is -0.468 e. The van der Waals surface area contributed by atoms with E-state index in [2.05, 4.69) is 10.4 Å². The molecule has 0 unspecified atom stereocenters. The lowest BCUT2D eigenvalue weighted by molar-refractivity contribution is -0.146. The average molecular weight is 465 g/mol. The summed E-state index contributed by atoms with van der Waals surface area (Å²) in [6.45, 7) is 4.73. The smallest absolute Gasteiger partial charge is 0.323 e. The number of nitrogens with one attached hydrogen (secondary N) is 1. The fourth-order valence-corrected chi connectivity index (χ4v) is 4.62. The number of carbonyl (C=O) groups is 2. The topological polar surface area (TPSA) is 76.5 Å². The Morgan fingerprint density at radius 2 is 1.91 bits per heavy atom. The lowest BCUT2D eigenvalue weighted by Crippen LogP contribution is -2.38. The molecule has 2 heterocycles. The fraction of sp³-hybridized carbons (Fsp3) is 0.346. The first-order chi connectivity index (χ1) is 16.4. The van der Waals surface area contributed by atoms with Gasteiger partial charge in [-0.1, -0.05) is 30.3 Å². The molecule has 1 fully saturated rings. The second-order valence-electron chi connectivity index (χ2n) is 8.67. The Hall–Kier alpha value is -3.52. The van der Waals surface area contributed by atoms with Crippen molar-refractivity contribution >= 4 is 11.9 Å². The second kappa shape index (κ2) is 10.2. The van der Waals surface area contributed by atoms with Gasteiger partial charge in [0.2, 0.25) is 5.91 Å². The van der Waals surface area contributed by atoms with Gasteiger partial charge in [-0.25, -0.2) is 9.07 Å². The minimum absolute atomic E-state index is 0.125. The van der Waals surface area contributed by atoms with Crippen LogP contribution in [0.5, 0.6) is 0 Å². The molecule has 1 N–H and O–H groups in total. The van der Waals surface area contributed by atoms with E-state index in [1.54, 1.807) is 6.07 Å². The highest BCUT2D eigenvalue weighted by Crippen LogP contribution is 2.23. The van der Waals surface area contributed by atoms with Crippen LogP contribution < -0.4 is 5.32 Å². The van der Waals surface area contributed by atoms with E-state index in [9.17, 15) is 14.0 Å². The molecule has 1 aromatic heterocycles. The lowest BCUT2D eigenvalue weighted by Gasteiger charge is -2.22. The van der Waals surface area contributed by atoms with Gasteiger partial charge in [0.25, 0.3) is 0 Å². The zero-order chi connectivity index (χ0) is 24.2. The van der Waals surface area contributed by atoms with Gasteiger partial charge in [0.1, 0.15) is 11.9 Å². The predicted octanol–water partition coefficient (Wildman–Crippen LogP) is 3.10. The number of ether oxygens (including phenoxy) is 1. The molecule has 1 aliphatic heterocycles. The number of hydrogen-bond donors (Lipinski definition) is 1. The molecule has 2 aromatic carbocycles. The minimum atomic E-state index is -0.497. The van der Waals surface area contributed by atoms with Crippen molar-refractivity contribution in [2.75, 3.05) is 13.7 Å². The maximum Gasteiger partial charge on any atom is 0.323 e. The van der Waals surface area contributed by atoms with E-state index >= 15 is 0 Å². The maximum absolute atomic E-state index is 13.6. The first-order valence-corrected chi connectivity index (χ1v) is 11.3. The van der Waals surface area contributed by atoms with E-state index in [-0.39, 0.29) is 30.2 Å². The first kappa shape index (κ1) is 23.6. The molecule has 34 heavy (non-hydrogen) atoms. The predicted molar refractivity (Wildman–Crippen MR) is 126 cm³/mol. The number of aryl methyl sites for hydroxylation is 1. The SMILES string of the molecule is COC(=O)[C@@H]1C[C@@H](NC(=O)Cc2c(C)nn(-c3ccccc3)c2C)CN1Cc1cccc(F)c1. The number of aromatic nitrogens is 2. The van der Waals surface area contributed by atoms with Crippen LogP contribution >= 0.6 is 0 Å². The van der Waals surface area contributed by atoms with Crippen molar-refractivity contribution in [3.05, 3.63) is 82.9 Å². The largest absolute Gasteiger partial charge is 0.468 e. The molecule has 0 saturated carbocycles. The van der Waals surface area contributed by atoms with Crippen LogP contribution in [0.15, 0.2) is 54.6 Å². The third kappa shape index (κ3) is 5.17. The number of amides is 1. The molecule has 178 valence electrons. The number of benzene rings is 2. The van der Waals surface area contributed by atoms with Crippen LogP contribution in [0.2, 0.25) is 0 Å².